The molecule has 1 fully saturated rings. The summed E-state index contributed by atoms with van der Waals surface area (Å²) in [5.41, 5.74) is 1.52. The van der Waals surface area contributed by atoms with Crippen LogP contribution < -0.4 is 4.74 Å². The maximum absolute atomic E-state index is 13.2. The molecule has 1 atom stereocenters. The van der Waals surface area contributed by atoms with Crippen LogP contribution in [-0.4, -0.2) is 43.4 Å². The fourth-order valence-electron chi connectivity index (χ4n) is 3.29. The van der Waals surface area contributed by atoms with Crippen molar-refractivity contribution in [2.24, 2.45) is 5.92 Å². The van der Waals surface area contributed by atoms with Gasteiger partial charge in [-0.15, -0.1) is 0 Å². The Labute approximate surface area is 167 Å². The predicted octanol–water partition coefficient (Wildman–Crippen LogP) is 3.55. The van der Waals surface area contributed by atoms with Crippen LogP contribution in [0.25, 0.3) is 0 Å². The van der Waals surface area contributed by atoms with Crippen LogP contribution in [0.3, 0.4) is 0 Å². The van der Waals surface area contributed by atoms with Crippen molar-refractivity contribution >= 4 is 15.7 Å². The molecule has 2 aromatic carbocycles. The maximum Gasteiger partial charge on any atom is 0.254 e. The van der Waals surface area contributed by atoms with Crippen molar-refractivity contribution in [2.75, 3.05) is 18.1 Å². The third kappa shape index (κ3) is 5.35. The normalized spacial score (nSPS) is 18.2. The van der Waals surface area contributed by atoms with E-state index >= 15 is 0 Å². The highest BCUT2D eigenvalue weighted by atomic mass is 32.2. The molecule has 2 aromatic rings. The van der Waals surface area contributed by atoms with Crippen LogP contribution in [0.15, 0.2) is 54.6 Å². The van der Waals surface area contributed by atoms with E-state index in [0.717, 1.165) is 11.3 Å². The molecule has 1 amide bonds. The van der Waals surface area contributed by atoms with Crippen LogP contribution in [0, 0.1) is 5.92 Å². The lowest BCUT2D eigenvalue weighted by Gasteiger charge is -2.28. The number of nitrogens with zero attached hydrogens (tertiary/aromatic N) is 1. The Hall–Kier alpha value is -2.34. The van der Waals surface area contributed by atoms with Crippen molar-refractivity contribution in [2.45, 2.75) is 32.9 Å². The second kappa shape index (κ2) is 8.78. The van der Waals surface area contributed by atoms with E-state index in [1.54, 1.807) is 29.2 Å². The monoisotopic (exact) mass is 401 g/mol. The van der Waals surface area contributed by atoms with Gasteiger partial charge in [0.25, 0.3) is 5.91 Å². The van der Waals surface area contributed by atoms with Gasteiger partial charge in [0.05, 0.1) is 18.1 Å². The lowest BCUT2D eigenvalue weighted by atomic mass is 10.1. The third-order valence-electron chi connectivity index (χ3n) is 4.79. The first-order valence-electron chi connectivity index (χ1n) is 9.62. The summed E-state index contributed by atoms with van der Waals surface area (Å²) in [7, 11) is -3.08. The average molecular weight is 402 g/mol. The highest BCUT2D eigenvalue weighted by Crippen LogP contribution is 2.23. The highest BCUT2D eigenvalue weighted by molar-refractivity contribution is 7.91. The van der Waals surface area contributed by atoms with Gasteiger partial charge in [0.1, 0.15) is 5.75 Å². The molecule has 0 aromatic heterocycles. The number of carbonyl (C=O) groups excluding carboxylic acids is 1. The molecule has 5 nitrogen and oxygen atoms in total. The molecule has 0 radical (unpaired) electrons. The number of hydrogen-bond donors (Lipinski definition) is 0. The van der Waals surface area contributed by atoms with Gasteiger partial charge in [0.15, 0.2) is 9.84 Å². The zero-order chi connectivity index (χ0) is 20.1. The number of rotatable bonds is 7. The highest BCUT2D eigenvalue weighted by Gasteiger charge is 2.35. The molecule has 0 spiro atoms. The van der Waals surface area contributed by atoms with E-state index in [4.69, 9.17) is 4.74 Å². The smallest absolute Gasteiger partial charge is 0.254 e. The van der Waals surface area contributed by atoms with Crippen LogP contribution >= 0.6 is 0 Å². The number of hydrogen-bond acceptors (Lipinski definition) is 4. The first-order chi connectivity index (χ1) is 13.3. The number of ether oxygens (including phenoxy) is 1. The first kappa shape index (κ1) is 20.4. The number of carbonyl (C=O) groups is 1. The summed E-state index contributed by atoms with van der Waals surface area (Å²) >= 11 is 0. The fourth-order valence-corrected chi connectivity index (χ4v) is 5.02. The van der Waals surface area contributed by atoms with Gasteiger partial charge in [-0.05, 0) is 42.2 Å². The summed E-state index contributed by atoms with van der Waals surface area (Å²) in [5, 5.41) is 0. The summed E-state index contributed by atoms with van der Waals surface area (Å²) in [6.07, 6.45) is 0.483. The molecule has 150 valence electrons. The van der Waals surface area contributed by atoms with Crippen LogP contribution in [0.4, 0.5) is 0 Å². The zero-order valence-electron chi connectivity index (χ0n) is 16.4. The summed E-state index contributed by atoms with van der Waals surface area (Å²) in [6, 6.07) is 16.5. The molecule has 0 aliphatic carbocycles. The van der Waals surface area contributed by atoms with Crippen molar-refractivity contribution in [1.82, 2.24) is 4.90 Å². The largest absolute Gasteiger partial charge is 0.493 e. The van der Waals surface area contributed by atoms with Gasteiger partial charge in [-0.3, -0.25) is 4.79 Å². The van der Waals surface area contributed by atoms with Gasteiger partial charge in [-0.2, -0.15) is 0 Å². The summed E-state index contributed by atoms with van der Waals surface area (Å²) in [5.74, 6) is 1.16. The lowest BCUT2D eigenvalue weighted by Crippen LogP contribution is -2.40. The molecule has 0 saturated carbocycles. The molecule has 1 saturated heterocycles. The number of benzene rings is 2. The Balaban J connectivity index is 1.79. The van der Waals surface area contributed by atoms with Crippen molar-refractivity contribution in [3.8, 4) is 5.75 Å². The van der Waals surface area contributed by atoms with Crippen molar-refractivity contribution < 1.29 is 17.9 Å². The van der Waals surface area contributed by atoms with Gasteiger partial charge < -0.3 is 9.64 Å². The Bertz CT molecular complexity index is 892. The average Bonchev–Trinajstić information content (AvgIpc) is 3.04. The van der Waals surface area contributed by atoms with Crippen LogP contribution in [0.1, 0.15) is 36.2 Å². The SMILES string of the molecule is CC(C)COc1ccc(C(=O)N(Cc2ccccc2)C2CCS(=O)(=O)C2)cc1. The second-order valence-corrected chi connectivity index (χ2v) is 9.93. The minimum Gasteiger partial charge on any atom is -0.493 e. The van der Waals surface area contributed by atoms with E-state index in [-0.39, 0.29) is 23.5 Å². The number of amides is 1. The Kier molecular flexibility index (Phi) is 6.39. The molecule has 28 heavy (non-hydrogen) atoms. The maximum atomic E-state index is 13.2. The minimum absolute atomic E-state index is 0.0289. The fraction of sp³-hybridized carbons (Fsp3) is 0.409. The van der Waals surface area contributed by atoms with E-state index in [2.05, 4.69) is 13.8 Å². The molecule has 0 N–H and O–H groups in total. The minimum atomic E-state index is -3.08. The zero-order valence-corrected chi connectivity index (χ0v) is 17.2. The van der Waals surface area contributed by atoms with E-state index in [1.807, 2.05) is 30.3 Å². The van der Waals surface area contributed by atoms with Crippen LogP contribution in [-0.2, 0) is 16.4 Å². The quantitative estimate of drug-likeness (QED) is 0.712. The van der Waals surface area contributed by atoms with Crippen molar-refractivity contribution in [1.29, 1.82) is 0 Å². The Morgan fingerprint density at radius 1 is 1.11 bits per heavy atom. The lowest BCUT2D eigenvalue weighted by molar-refractivity contribution is 0.0681. The van der Waals surface area contributed by atoms with Gasteiger partial charge in [-0.1, -0.05) is 44.2 Å². The van der Waals surface area contributed by atoms with E-state index < -0.39 is 9.84 Å². The molecular formula is C22H27NO4S. The van der Waals surface area contributed by atoms with Crippen molar-refractivity contribution in [3.63, 3.8) is 0 Å². The molecular weight excluding hydrogens is 374 g/mol. The summed E-state index contributed by atoms with van der Waals surface area (Å²) in [4.78, 5) is 14.9. The third-order valence-corrected chi connectivity index (χ3v) is 6.54. The van der Waals surface area contributed by atoms with E-state index in [1.165, 1.54) is 0 Å². The molecule has 1 unspecified atom stereocenters. The van der Waals surface area contributed by atoms with Gasteiger partial charge in [-0.25, -0.2) is 8.42 Å². The van der Waals surface area contributed by atoms with E-state index in [9.17, 15) is 13.2 Å². The standard InChI is InChI=1S/C22H27NO4S/c1-17(2)15-27-21-10-8-19(9-11-21)22(24)23(14-18-6-4-3-5-7-18)20-12-13-28(25,26)16-20/h3-11,17,20H,12-16H2,1-2H3. The molecule has 6 heteroatoms. The summed E-state index contributed by atoms with van der Waals surface area (Å²) in [6.45, 7) is 5.17. The molecule has 1 aliphatic rings. The molecule has 0 bridgehead atoms. The Morgan fingerprint density at radius 2 is 1.79 bits per heavy atom. The first-order valence-corrected chi connectivity index (χ1v) is 11.4. The van der Waals surface area contributed by atoms with E-state index in [0.29, 0.717) is 31.1 Å². The topological polar surface area (TPSA) is 63.7 Å². The predicted molar refractivity (Wildman–Crippen MR) is 110 cm³/mol. The second-order valence-electron chi connectivity index (χ2n) is 7.70. The van der Waals surface area contributed by atoms with Crippen LogP contribution in [0.2, 0.25) is 0 Å². The number of sulfone groups is 1. The molecule has 3 rings (SSSR count). The Morgan fingerprint density at radius 3 is 2.36 bits per heavy atom. The molecule has 1 heterocycles. The van der Waals surface area contributed by atoms with Gasteiger partial charge in [0.2, 0.25) is 0 Å². The molecule has 1 aliphatic heterocycles. The van der Waals surface area contributed by atoms with Gasteiger partial charge in [0, 0.05) is 18.2 Å². The van der Waals surface area contributed by atoms with Crippen LogP contribution in [0.5, 0.6) is 5.75 Å². The van der Waals surface area contributed by atoms with Gasteiger partial charge >= 0.3 is 0 Å². The summed E-state index contributed by atoms with van der Waals surface area (Å²) < 4.78 is 29.6. The van der Waals surface area contributed by atoms with Crippen molar-refractivity contribution in [3.05, 3.63) is 65.7 Å².